The van der Waals surface area contributed by atoms with Crippen LogP contribution in [-0.2, 0) is 11.3 Å². The first kappa shape index (κ1) is 29.9. The fourth-order valence-corrected chi connectivity index (χ4v) is 5.00. The predicted octanol–water partition coefficient (Wildman–Crippen LogP) is 6.97. The molecule has 196 valence electrons. The van der Waals surface area contributed by atoms with Crippen molar-refractivity contribution in [1.29, 1.82) is 0 Å². The monoisotopic (exact) mass is 544 g/mol. The van der Waals surface area contributed by atoms with Gasteiger partial charge in [0.05, 0.1) is 49.2 Å². The van der Waals surface area contributed by atoms with Crippen LogP contribution in [0.5, 0.6) is 11.5 Å². The van der Waals surface area contributed by atoms with Crippen molar-refractivity contribution < 1.29 is 14.2 Å². The molecule has 1 heterocycles. The number of ether oxygens (including phenoxy) is 3. The number of nitrogens with zero attached hydrogens (tertiary/aromatic N) is 2. The van der Waals surface area contributed by atoms with Crippen LogP contribution in [0.4, 0.5) is 5.69 Å². The highest BCUT2D eigenvalue weighted by Gasteiger charge is 2.27. The smallest absolute Gasteiger partial charge is 0.161 e. The number of anilines is 1. The Morgan fingerprint density at radius 2 is 1.60 bits per heavy atom. The largest absolute Gasteiger partial charge is 0.493 e. The summed E-state index contributed by atoms with van der Waals surface area (Å²) in [6.07, 6.45) is 2.44. The van der Waals surface area contributed by atoms with Crippen molar-refractivity contribution in [2.45, 2.75) is 46.2 Å². The predicted molar refractivity (Wildman–Crippen MR) is 149 cm³/mol. The van der Waals surface area contributed by atoms with Crippen LogP contribution >= 0.6 is 35.6 Å². The van der Waals surface area contributed by atoms with Gasteiger partial charge in [-0.3, -0.25) is 4.90 Å². The first-order valence-corrected chi connectivity index (χ1v) is 12.7. The minimum absolute atomic E-state index is 0. The molecule has 0 amide bonds. The van der Waals surface area contributed by atoms with E-state index in [9.17, 15) is 0 Å². The fourth-order valence-electron chi connectivity index (χ4n) is 4.36. The molecule has 2 aromatic carbocycles. The molecule has 1 fully saturated rings. The molecule has 35 heavy (non-hydrogen) atoms. The lowest BCUT2D eigenvalue weighted by Crippen LogP contribution is -2.46. The molecule has 2 aromatic rings. The van der Waals surface area contributed by atoms with Gasteiger partial charge < -0.3 is 19.1 Å². The molecule has 3 rings (SSSR count). The summed E-state index contributed by atoms with van der Waals surface area (Å²) in [7, 11) is 3.30. The third kappa shape index (κ3) is 8.61. The van der Waals surface area contributed by atoms with Gasteiger partial charge in [-0.2, -0.15) is 0 Å². The molecule has 0 radical (unpaired) electrons. The molecule has 0 N–H and O–H groups in total. The van der Waals surface area contributed by atoms with Crippen molar-refractivity contribution in [3.63, 3.8) is 0 Å². The van der Waals surface area contributed by atoms with Gasteiger partial charge in [0, 0.05) is 13.1 Å². The molecule has 0 spiro atoms. The summed E-state index contributed by atoms with van der Waals surface area (Å²) in [6, 6.07) is 11.9. The third-order valence-electron chi connectivity index (χ3n) is 6.01. The third-order valence-corrected chi connectivity index (χ3v) is 6.62. The Labute approximate surface area is 227 Å². The van der Waals surface area contributed by atoms with E-state index >= 15 is 0 Å². The lowest BCUT2D eigenvalue weighted by atomic mass is 9.99. The van der Waals surface area contributed by atoms with Crippen LogP contribution in [0.3, 0.4) is 0 Å². The van der Waals surface area contributed by atoms with Gasteiger partial charge in [0.2, 0.25) is 0 Å². The van der Waals surface area contributed by atoms with E-state index in [0.29, 0.717) is 34.7 Å². The zero-order valence-electron chi connectivity index (χ0n) is 21.5. The van der Waals surface area contributed by atoms with E-state index < -0.39 is 0 Å². The molecular weight excluding hydrogens is 507 g/mol. The average Bonchev–Trinajstić information content (AvgIpc) is 3.32. The summed E-state index contributed by atoms with van der Waals surface area (Å²) in [5, 5.41) is 1.28. The maximum absolute atomic E-state index is 6.69. The SMILES string of the molecule is COc1ccc(CN(CC(COCC(C)(C)C)N2CCCC2)c2c(Cl)cccc2Cl)cc1OC.Cl. The summed E-state index contributed by atoms with van der Waals surface area (Å²) in [5.74, 6) is 1.41. The van der Waals surface area contributed by atoms with Crippen molar-refractivity contribution in [2.75, 3.05) is 52.0 Å². The number of para-hydroxylation sites is 1. The number of likely N-dealkylation sites (tertiary alicyclic amines) is 1. The highest BCUT2D eigenvalue weighted by molar-refractivity contribution is 6.39. The minimum atomic E-state index is 0. The van der Waals surface area contributed by atoms with Gasteiger partial charge >= 0.3 is 0 Å². The van der Waals surface area contributed by atoms with E-state index in [1.807, 2.05) is 30.3 Å². The van der Waals surface area contributed by atoms with Crippen LogP contribution in [0.2, 0.25) is 10.0 Å². The topological polar surface area (TPSA) is 34.2 Å². The second-order valence-corrected chi connectivity index (χ2v) is 10.9. The number of benzene rings is 2. The molecule has 0 aromatic heterocycles. The van der Waals surface area contributed by atoms with E-state index in [0.717, 1.165) is 37.5 Å². The molecule has 1 unspecified atom stereocenters. The molecule has 8 heteroatoms. The minimum Gasteiger partial charge on any atom is -0.493 e. The first-order chi connectivity index (χ1) is 16.2. The molecule has 0 bridgehead atoms. The lowest BCUT2D eigenvalue weighted by molar-refractivity contribution is 0.0318. The Kier molecular flexibility index (Phi) is 11.8. The Balaban J connectivity index is 0.00000432. The molecule has 1 saturated heterocycles. The molecule has 5 nitrogen and oxygen atoms in total. The second-order valence-electron chi connectivity index (χ2n) is 10.1. The number of rotatable bonds is 11. The highest BCUT2D eigenvalue weighted by Crippen LogP contribution is 2.36. The Hall–Kier alpha value is -1.37. The van der Waals surface area contributed by atoms with E-state index in [4.69, 9.17) is 37.4 Å². The number of halogens is 3. The normalized spacial score (nSPS) is 14.9. The van der Waals surface area contributed by atoms with E-state index in [-0.39, 0.29) is 23.9 Å². The van der Waals surface area contributed by atoms with E-state index in [2.05, 4.69) is 36.6 Å². The summed E-state index contributed by atoms with van der Waals surface area (Å²) >= 11 is 13.4. The van der Waals surface area contributed by atoms with Crippen LogP contribution < -0.4 is 14.4 Å². The first-order valence-electron chi connectivity index (χ1n) is 11.9. The number of hydrogen-bond acceptors (Lipinski definition) is 5. The maximum Gasteiger partial charge on any atom is 0.161 e. The molecule has 1 aliphatic heterocycles. The molecule has 1 atom stereocenters. The van der Waals surface area contributed by atoms with Crippen molar-refractivity contribution in [3.8, 4) is 11.5 Å². The number of methoxy groups -OCH3 is 2. The van der Waals surface area contributed by atoms with Gasteiger partial charge in [0.15, 0.2) is 11.5 Å². The van der Waals surface area contributed by atoms with Gasteiger partial charge in [0.1, 0.15) is 0 Å². The molecular formula is C27H39Cl3N2O3. The maximum atomic E-state index is 6.69. The summed E-state index contributed by atoms with van der Waals surface area (Å²) in [4.78, 5) is 4.81. The van der Waals surface area contributed by atoms with Crippen molar-refractivity contribution in [1.82, 2.24) is 4.90 Å². The van der Waals surface area contributed by atoms with Crippen LogP contribution in [0.25, 0.3) is 0 Å². The molecule has 0 saturated carbocycles. The summed E-state index contributed by atoms with van der Waals surface area (Å²) in [6.45, 7) is 11.5. The van der Waals surface area contributed by atoms with Gasteiger partial charge in [-0.05, 0) is 61.2 Å². The lowest BCUT2D eigenvalue weighted by Gasteiger charge is -2.35. The van der Waals surface area contributed by atoms with Gasteiger partial charge in [-0.1, -0.05) is 56.1 Å². The average molecular weight is 546 g/mol. The second kappa shape index (κ2) is 13.8. The standard InChI is InChI=1S/C27H38Cl2N2O3.ClH/c1-27(2,3)19-34-18-21(30-13-6-7-14-30)17-31(26-22(28)9-8-10-23(26)29)16-20-11-12-24(32-4)25(15-20)33-5;/h8-12,15,21H,6-7,13-14,16-19H2,1-5H3;1H. The molecule has 1 aliphatic rings. The van der Waals surface area contributed by atoms with Crippen LogP contribution in [0, 0.1) is 5.41 Å². The van der Waals surface area contributed by atoms with Crippen molar-refractivity contribution in [2.24, 2.45) is 5.41 Å². The van der Waals surface area contributed by atoms with Gasteiger partial charge in [0.25, 0.3) is 0 Å². The number of hydrogen-bond donors (Lipinski definition) is 0. The Bertz CT molecular complexity index is 910. The highest BCUT2D eigenvalue weighted by atomic mass is 35.5. The van der Waals surface area contributed by atoms with Crippen LogP contribution in [-0.4, -0.2) is 58.0 Å². The van der Waals surface area contributed by atoms with E-state index in [1.54, 1.807) is 14.2 Å². The van der Waals surface area contributed by atoms with E-state index in [1.165, 1.54) is 12.8 Å². The summed E-state index contributed by atoms with van der Waals surface area (Å²) in [5.41, 5.74) is 2.06. The zero-order chi connectivity index (χ0) is 24.7. The molecule has 0 aliphatic carbocycles. The van der Waals surface area contributed by atoms with Crippen LogP contribution in [0.15, 0.2) is 36.4 Å². The zero-order valence-corrected chi connectivity index (χ0v) is 23.8. The summed E-state index contributed by atoms with van der Waals surface area (Å²) < 4.78 is 17.2. The fraction of sp³-hybridized carbons (Fsp3) is 0.556. The van der Waals surface area contributed by atoms with Crippen LogP contribution in [0.1, 0.15) is 39.2 Å². The van der Waals surface area contributed by atoms with Crippen molar-refractivity contribution >= 4 is 41.3 Å². The quantitative estimate of drug-likeness (QED) is 0.305. The van der Waals surface area contributed by atoms with Crippen molar-refractivity contribution in [3.05, 3.63) is 52.0 Å². The van der Waals surface area contributed by atoms with Gasteiger partial charge in [-0.15, -0.1) is 12.4 Å². The van der Waals surface area contributed by atoms with Gasteiger partial charge in [-0.25, -0.2) is 0 Å². The Morgan fingerprint density at radius 1 is 0.971 bits per heavy atom. The Morgan fingerprint density at radius 3 is 2.17 bits per heavy atom.